The molecule has 7 nitrogen and oxygen atoms in total. The number of aliphatic carboxylic acids is 1. The number of nitrogens with zero attached hydrogens (tertiary/aromatic N) is 1. The number of hydrogen-bond acceptors (Lipinski definition) is 5. The maximum absolute atomic E-state index is 12.9. The Balaban J connectivity index is 1.31. The van der Waals surface area contributed by atoms with Crippen LogP contribution < -0.4 is 10.4 Å². The third-order valence-electron chi connectivity index (χ3n) is 7.04. The number of aryl methyl sites for hydroxylation is 1. The van der Waals surface area contributed by atoms with Gasteiger partial charge in [-0.25, -0.2) is 4.79 Å². The fourth-order valence-electron chi connectivity index (χ4n) is 4.97. The van der Waals surface area contributed by atoms with Crippen molar-refractivity contribution in [2.75, 3.05) is 19.7 Å². The molecule has 178 valence electrons. The highest BCUT2D eigenvalue weighted by Gasteiger charge is 2.43. The average Bonchev–Trinajstić information content (AvgIpc) is 2.89. The third-order valence-corrected chi connectivity index (χ3v) is 7.04. The third kappa shape index (κ3) is 3.93. The molecule has 0 atom stereocenters. The van der Waals surface area contributed by atoms with E-state index in [0.29, 0.717) is 48.2 Å². The molecule has 35 heavy (non-hydrogen) atoms. The fraction of sp³-hybridized carbons (Fsp3) is 0.250. The first-order valence-electron chi connectivity index (χ1n) is 11.6. The van der Waals surface area contributed by atoms with E-state index in [1.54, 1.807) is 30.0 Å². The number of carboxylic acids is 1. The molecule has 2 heterocycles. The number of carboxylic acid groups (broad SMARTS) is 1. The van der Waals surface area contributed by atoms with Gasteiger partial charge in [0.1, 0.15) is 11.3 Å². The molecule has 0 bridgehead atoms. The van der Waals surface area contributed by atoms with E-state index in [1.807, 2.05) is 48.5 Å². The summed E-state index contributed by atoms with van der Waals surface area (Å²) in [6.45, 7) is 2.28. The zero-order valence-corrected chi connectivity index (χ0v) is 19.3. The first-order chi connectivity index (χ1) is 16.9. The predicted molar refractivity (Wildman–Crippen MR) is 132 cm³/mol. The highest BCUT2D eigenvalue weighted by molar-refractivity contribution is 6.05. The highest BCUT2D eigenvalue weighted by atomic mass is 16.5. The lowest BCUT2D eigenvalue weighted by Crippen LogP contribution is -2.50. The number of likely N-dealkylation sites (tertiary alicyclic amines) is 1. The highest BCUT2D eigenvalue weighted by Crippen LogP contribution is 2.36. The number of piperidine rings is 1. The normalized spacial score (nSPS) is 15.3. The van der Waals surface area contributed by atoms with E-state index in [4.69, 9.17) is 9.15 Å². The molecule has 4 aromatic rings. The molecule has 0 aliphatic carbocycles. The summed E-state index contributed by atoms with van der Waals surface area (Å²) in [5.74, 6) is -0.616. The second kappa shape index (κ2) is 8.91. The van der Waals surface area contributed by atoms with Crippen LogP contribution in [0.3, 0.4) is 0 Å². The average molecular weight is 472 g/mol. The molecule has 0 spiro atoms. The molecule has 0 unspecified atom stereocenters. The monoisotopic (exact) mass is 471 g/mol. The molecule has 3 aromatic carbocycles. The Bertz CT molecular complexity index is 1480. The second-order valence-corrected chi connectivity index (χ2v) is 8.92. The summed E-state index contributed by atoms with van der Waals surface area (Å²) in [4.78, 5) is 39.1. The molecule has 1 N–H and O–H groups in total. The van der Waals surface area contributed by atoms with Crippen LogP contribution in [0.5, 0.6) is 5.75 Å². The molecule has 1 aliphatic rings. The summed E-state index contributed by atoms with van der Waals surface area (Å²) in [5, 5.41) is 12.1. The fourth-order valence-corrected chi connectivity index (χ4v) is 4.97. The van der Waals surface area contributed by atoms with Crippen LogP contribution in [0.2, 0.25) is 0 Å². The number of amides is 1. The van der Waals surface area contributed by atoms with Crippen LogP contribution in [0.4, 0.5) is 0 Å². The van der Waals surface area contributed by atoms with Gasteiger partial charge in [-0.2, -0.15) is 0 Å². The van der Waals surface area contributed by atoms with Gasteiger partial charge < -0.3 is 19.2 Å². The Morgan fingerprint density at radius 1 is 0.943 bits per heavy atom. The lowest BCUT2D eigenvalue weighted by molar-refractivity contribution is -0.148. The van der Waals surface area contributed by atoms with Gasteiger partial charge in [-0.05, 0) is 48.9 Å². The minimum absolute atomic E-state index is 0.185. The Morgan fingerprint density at radius 2 is 1.60 bits per heavy atom. The molecular weight excluding hydrogens is 446 g/mol. The number of rotatable bonds is 5. The molecule has 1 aromatic heterocycles. The van der Waals surface area contributed by atoms with E-state index in [0.717, 1.165) is 16.3 Å². The molecule has 1 fully saturated rings. The quantitative estimate of drug-likeness (QED) is 0.345. The van der Waals surface area contributed by atoms with E-state index in [1.165, 1.54) is 0 Å². The van der Waals surface area contributed by atoms with Crippen molar-refractivity contribution in [3.63, 3.8) is 0 Å². The first kappa shape index (κ1) is 22.7. The van der Waals surface area contributed by atoms with Crippen molar-refractivity contribution >= 4 is 33.6 Å². The van der Waals surface area contributed by atoms with Gasteiger partial charge in [-0.1, -0.05) is 48.5 Å². The summed E-state index contributed by atoms with van der Waals surface area (Å²) < 4.78 is 11.4. The van der Waals surface area contributed by atoms with Crippen molar-refractivity contribution in [3.8, 4) is 5.75 Å². The van der Waals surface area contributed by atoms with Gasteiger partial charge in [0, 0.05) is 24.0 Å². The Morgan fingerprint density at radius 3 is 2.29 bits per heavy atom. The van der Waals surface area contributed by atoms with Crippen molar-refractivity contribution in [3.05, 3.63) is 88.3 Å². The van der Waals surface area contributed by atoms with Crippen molar-refractivity contribution in [2.45, 2.75) is 25.2 Å². The molecule has 5 rings (SSSR count). The molecule has 1 aliphatic heterocycles. The number of carbonyl (C=O) groups excluding carboxylic acids is 1. The van der Waals surface area contributed by atoms with Gasteiger partial charge in [0.25, 0.3) is 5.91 Å². The first-order valence-corrected chi connectivity index (χ1v) is 11.6. The van der Waals surface area contributed by atoms with Crippen LogP contribution >= 0.6 is 0 Å². The van der Waals surface area contributed by atoms with E-state index in [9.17, 15) is 19.5 Å². The number of carbonyl (C=O) groups is 2. The number of benzene rings is 3. The van der Waals surface area contributed by atoms with Crippen LogP contribution in [-0.4, -0.2) is 41.6 Å². The maximum Gasteiger partial charge on any atom is 0.344 e. The smallest absolute Gasteiger partial charge is 0.344 e. The molecule has 0 radical (unpaired) electrons. The molecule has 1 amide bonds. The minimum Gasteiger partial charge on any atom is -0.483 e. The van der Waals surface area contributed by atoms with Crippen molar-refractivity contribution in [2.24, 2.45) is 0 Å². The van der Waals surface area contributed by atoms with Gasteiger partial charge in [0.2, 0.25) is 0 Å². The Labute approximate surface area is 201 Å². The van der Waals surface area contributed by atoms with Crippen LogP contribution in [0.15, 0.2) is 75.9 Å². The lowest BCUT2D eigenvalue weighted by atomic mass is 9.73. The van der Waals surface area contributed by atoms with E-state index in [-0.39, 0.29) is 12.5 Å². The lowest BCUT2D eigenvalue weighted by Gasteiger charge is -2.39. The molecule has 0 saturated carbocycles. The van der Waals surface area contributed by atoms with Gasteiger partial charge in [0.15, 0.2) is 6.61 Å². The van der Waals surface area contributed by atoms with Crippen LogP contribution in [0.25, 0.3) is 21.7 Å². The zero-order valence-electron chi connectivity index (χ0n) is 19.3. The van der Waals surface area contributed by atoms with Crippen LogP contribution in [0, 0.1) is 6.92 Å². The van der Waals surface area contributed by atoms with E-state index in [2.05, 4.69) is 0 Å². The van der Waals surface area contributed by atoms with Crippen molar-refractivity contribution in [1.29, 1.82) is 0 Å². The molecule has 1 saturated heterocycles. The van der Waals surface area contributed by atoms with E-state index >= 15 is 0 Å². The SMILES string of the molecule is Cc1c(OCC(=O)N2CCC(C(=O)O)(c3ccccc3)CC2)ccc2c1oc(=O)c1ccccc12. The van der Waals surface area contributed by atoms with Crippen LogP contribution in [0.1, 0.15) is 24.0 Å². The summed E-state index contributed by atoms with van der Waals surface area (Å²) in [7, 11) is 0. The Hall–Kier alpha value is -4.13. The van der Waals surface area contributed by atoms with Gasteiger partial charge in [0.05, 0.1) is 10.8 Å². The number of hydrogen-bond donors (Lipinski definition) is 1. The number of fused-ring (bicyclic) bond motifs is 3. The van der Waals surface area contributed by atoms with Crippen LogP contribution in [-0.2, 0) is 15.0 Å². The van der Waals surface area contributed by atoms with Gasteiger partial charge >= 0.3 is 11.6 Å². The summed E-state index contributed by atoms with van der Waals surface area (Å²) in [6, 6.07) is 20.1. The van der Waals surface area contributed by atoms with Crippen molar-refractivity contribution < 1.29 is 23.8 Å². The summed E-state index contributed by atoms with van der Waals surface area (Å²) in [6.07, 6.45) is 0.677. The maximum atomic E-state index is 12.9. The molecular formula is C28H25NO6. The Kier molecular flexibility index (Phi) is 5.76. The van der Waals surface area contributed by atoms with Gasteiger partial charge in [-0.3, -0.25) is 9.59 Å². The second-order valence-electron chi connectivity index (χ2n) is 8.92. The van der Waals surface area contributed by atoms with Gasteiger partial charge in [-0.15, -0.1) is 0 Å². The molecule has 7 heteroatoms. The predicted octanol–water partition coefficient (Wildman–Crippen LogP) is 4.28. The standard InChI is InChI=1S/C28H25NO6/c1-18-23(12-11-21-20-9-5-6-10-22(20)26(31)35-25(18)21)34-17-24(30)29-15-13-28(14-16-29,27(32)33)19-7-3-2-4-8-19/h2-12H,13-17H2,1H3,(H,32,33). The van der Waals surface area contributed by atoms with E-state index < -0.39 is 17.0 Å². The summed E-state index contributed by atoms with van der Waals surface area (Å²) in [5.41, 5.74) is 0.431. The summed E-state index contributed by atoms with van der Waals surface area (Å²) >= 11 is 0. The largest absolute Gasteiger partial charge is 0.483 e. The van der Waals surface area contributed by atoms with Crippen molar-refractivity contribution in [1.82, 2.24) is 4.90 Å². The number of ether oxygens (including phenoxy) is 1. The topological polar surface area (TPSA) is 97.1 Å². The minimum atomic E-state index is -0.992. The zero-order chi connectivity index (χ0) is 24.6.